The van der Waals surface area contributed by atoms with Crippen LogP contribution in [0.1, 0.15) is 10.5 Å². The van der Waals surface area contributed by atoms with Gasteiger partial charge in [0.05, 0.1) is 10.0 Å². The summed E-state index contributed by atoms with van der Waals surface area (Å²) in [6.07, 6.45) is 0. The lowest BCUT2D eigenvalue weighted by Gasteiger charge is -2.06. The molecule has 0 saturated heterocycles. The lowest BCUT2D eigenvalue weighted by atomic mass is 10.3. The van der Waals surface area contributed by atoms with E-state index in [1.807, 2.05) is 0 Å². The van der Waals surface area contributed by atoms with Crippen molar-refractivity contribution in [2.75, 3.05) is 0 Å². The summed E-state index contributed by atoms with van der Waals surface area (Å²) in [5.41, 5.74) is -0.327. The Kier molecular flexibility index (Phi) is 3.87. The molecule has 7 heteroatoms. The number of hydrogen-bond donors (Lipinski definition) is 1. The van der Waals surface area contributed by atoms with E-state index in [2.05, 4.69) is 4.98 Å². The minimum Gasteiger partial charge on any atom is -0.476 e. The van der Waals surface area contributed by atoms with Gasteiger partial charge in [-0.1, -0.05) is 23.2 Å². The maximum atomic E-state index is 13.0. The molecule has 19 heavy (non-hydrogen) atoms. The minimum absolute atomic E-state index is 0.00279. The third-order valence-electron chi connectivity index (χ3n) is 2.14. The largest absolute Gasteiger partial charge is 0.476 e. The van der Waals surface area contributed by atoms with Gasteiger partial charge < -0.3 is 9.84 Å². The molecule has 98 valence electrons. The Morgan fingerprint density at radius 3 is 2.58 bits per heavy atom. The molecule has 0 amide bonds. The van der Waals surface area contributed by atoms with Crippen LogP contribution in [0.5, 0.6) is 11.6 Å². The number of halogens is 3. The predicted octanol–water partition coefficient (Wildman–Crippen LogP) is 4.02. The third-order valence-corrected chi connectivity index (χ3v) is 2.73. The highest BCUT2D eigenvalue weighted by Gasteiger charge is 2.12. The van der Waals surface area contributed by atoms with Crippen molar-refractivity contribution in [1.82, 2.24) is 4.98 Å². The standard InChI is InChI=1S/C12H6Cl2FNO3/c13-7-2-4-10(16-11(7)12(17)18)19-6-1-3-9(15)8(14)5-6/h1-5H,(H,17,18). The normalized spacial score (nSPS) is 10.3. The van der Waals surface area contributed by atoms with Gasteiger partial charge in [0.2, 0.25) is 5.88 Å². The number of aromatic nitrogens is 1. The molecule has 0 spiro atoms. The smallest absolute Gasteiger partial charge is 0.356 e. The highest BCUT2D eigenvalue weighted by molar-refractivity contribution is 6.33. The summed E-state index contributed by atoms with van der Waals surface area (Å²) in [6.45, 7) is 0. The van der Waals surface area contributed by atoms with Crippen LogP contribution in [0.4, 0.5) is 4.39 Å². The Morgan fingerprint density at radius 2 is 1.95 bits per heavy atom. The van der Waals surface area contributed by atoms with Crippen LogP contribution in [0.2, 0.25) is 10.0 Å². The van der Waals surface area contributed by atoms with Crippen molar-refractivity contribution in [1.29, 1.82) is 0 Å². The number of pyridine rings is 1. The van der Waals surface area contributed by atoms with Gasteiger partial charge in [0.25, 0.3) is 0 Å². The molecule has 1 aromatic heterocycles. The molecule has 1 aromatic carbocycles. The molecular weight excluding hydrogens is 296 g/mol. The van der Waals surface area contributed by atoms with Crippen LogP contribution in [0.15, 0.2) is 30.3 Å². The zero-order chi connectivity index (χ0) is 14.0. The molecule has 2 aromatic rings. The summed E-state index contributed by atoms with van der Waals surface area (Å²) < 4.78 is 18.2. The van der Waals surface area contributed by atoms with Gasteiger partial charge in [0.15, 0.2) is 5.69 Å². The number of rotatable bonds is 3. The average Bonchev–Trinajstić information content (AvgIpc) is 2.36. The molecule has 1 heterocycles. The van der Waals surface area contributed by atoms with Crippen molar-refractivity contribution < 1.29 is 19.0 Å². The monoisotopic (exact) mass is 301 g/mol. The van der Waals surface area contributed by atoms with Crippen molar-refractivity contribution in [3.63, 3.8) is 0 Å². The maximum absolute atomic E-state index is 13.0. The molecule has 0 atom stereocenters. The lowest BCUT2D eigenvalue weighted by molar-refractivity contribution is 0.0690. The molecule has 0 unspecified atom stereocenters. The molecule has 0 aliphatic heterocycles. The van der Waals surface area contributed by atoms with E-state index < -0.39 is 11.8 Å². The van der Waals surface area contributed by atoms with Crippen molar-refractivity contribution in [3.8, 4) is 11.6 Å². The van der Waals surface area contributed by atoms with Crippen molar-refractivity contribution in [3.05, 3.63) is 51.9 Å². The number of carboxylic acid groups (broad SMARTS) is 1. The second kappa shape index (κ2) is 5.42. The Bertz CT molecular complexity index is 649. The van der Waals surface area contributed by atoms with Crippen molar-refractivity contribution >= 4 is 29.2 Å². The Balaban J connectivity index is 2.30. The first-order valence-corrected chi connectivity index (χ1v) is 5.75. The van der Waals surface area contributed by atoms with E-state index in [-0.39, 0.29) is 27.4 Å². The summed E-state index contributed by atoms with van der Waals surface area (Å²) in [4.78, 5) is 14.6. The number of ether oxygens (including phenoxy) is 1. The van der Waals surface area contributed by atoms with E-state index in [0.717, 1.165) is 6.07 Å². The Labute approximate surface area is 117 Å². The molecule has 1 N–H and O–H groups in total. The molecule has 0 bridgehead atoms. The van der Waals surface area contributed by atoms with Crippen LogP contribution in [-0.2, 0) is 0 Å². The van der Waals surface area contributed by atoms with Gasteiger partial charge in [-0.05, 0) is 18.2 Å². The number of carboxylic acids is 1. The van der Waals surface area contributed by atoms with Gasteiger partial charge in [-0.3, -0.25) is 0 Å². The Hall–Kier alpha value is -1.85. The molecular formula is C12H6Cl2FNO3. The molecule has 4 nitrogen and oxygen atoms in total. The van der Waals surface area contributed by atoms with Gasteiger partial charge in [0.1, 0.15) is 11.6 Å². The second-order valence-electron chi connectivity index (χ2n) is 3.46. The molecule has 0 fully saturated rings. The molecule has 0 aliphatic carbocycles. The zero-order valence-corrected chi connectivity index (χ0v) is 10.7. The topological polar surface area (TPSA) is 59.4 Å². The van der Waals surface area contributed by atoms with Gasteiger partial charge in [-0.2, -0.15) is 0 Å². The second-order valence-corrected chi connectivity index (χ2v) is 4.28. The first-order chi connectivity index (χ1) is 8.97. The van der Waals surface area contributed by atoms with E-state index in [1.165, 1.54) is 24.3 Å². The van der Waals surface area contributed by atoms with Crippen LogP contribution in [0.3, 0.4) is 0 Å². The minimum atomic E-state index is -1.27. The molecule has 2 rings (SSSR count). The van der Waals surface area contributed by atoms with Crippen LogP contribution in [0, 0.1) is 5.82 Å². The van der Waals surface area contributed by atoms with Crippen molar-refractivity contribution in [2.24, 2.45) is 0 Å². The zero-order valence-electron chi connectivity index (χ0n) is 9.23. The lowest BCUT2D eigenvalue weighted by Crippen LogP contribution is -2.02. The van der Waals surface area contributed by atoms with E-state index in [0.29, 0.717) is 0 Å². The fourth-order valence-corrected chi connectivity index (χ4v) is 1.65. The first-order valence-electron chi connectivity index (χ1n) is 5.00. The number of benzene rings is 1. The number of carbonyl (C=O) groups is 1. The van der Waals surface area contributed by atoms with E-state index in [4.69, 9.17) is 33.0 Å². The van der Waals surface area contributed by atoms with Crippen LogP contribution < -0.4 is 4.74 Å². The fourth-order valence-electron chi connectivity index (χ4n) is 1.29. The first kappa shape index (κ1) is 13.6. The van der Waals surface area contributed by atoms with Crippen LogP contribution >= 0.6 is 23.2 Å². The molecule has 0 radical (unpaired) electrons. The highest BCUT2D eigenvalue weighted by Crippen LogP contribution is 2.26. The quantitative estimate of drug-likeness (QED) is 0.930. The summed E-state index contributed by atoms with van der Waals surface area (Å²) in [6, 6.07) is 6.47. The third kappa shape index (κ3) is 3.13. The van der Waals surface area contributed by atoms with Crippen molar-refractivity contribution in [2.45, 2.75) is 0 Å². The number of aromatic carboxylic acids is 1. The van der Waals surface area contributed by atoms with Gasteiger partial charge in [0, 0.05) is 12.1 Å². The van der Waals surface area contributed by atoms with Gasteiger partial charge in [-0.25, -0.2) is 14.2 Å². The van der Waals surface area contributed by atoms with Gasteiger partial charge >= 0.3 is 5.97 Å². The summed E-state index contributed by atoms with van der Waals surface area (Å²) in [5, 5.41) is 8.75. The van der Waals surface area contributed by atoms with E-state index >= 15 is 0 Å². The molecule has 0 aliphatic rings. The average molecular weight is 302 g/mol. The van der Waals surface area contributed by atoms with E-state index in [9.17, 15) is 9.18 Å². The fraction of sp³-hybridized carbons (Fsp3) is 0. The number of hydrogen-bond acceptors (Lipinski definition) is 3. The molecule has 0 saturated carbocycles. The van der Waals surface area contributed by atoms with Gasteiger partial charge in [-0.15, -0.1) is 0 Å². The summed E-state index contributed by atoms with van der Waals surface area (Å²) in [5.74, 6) is -1.60. The van der Waals surface area contributed by atoms with E-state index in [1.54, 1.807) is 0 Å². The number of nitrogens with zero attached hydrogens (tertiary/aromatic N) is 1. The Morgan fingerprint density at radius 1 is 1.21 bits per heavy atom. The highest BCUT2D eigenvalue weighted by atomic mass is 35.5. The summed E-state index contributed by atoms with van der Waals surface area (Å²) >= 11 is 11.3. The maximum Gasteiger partial charge on any atom is 0.356 e. The summed E-state index contributed by atoms with van der Waals surface area (Å²) in [7, 11) is 0. The predicted molar refractivity (Wildman–Crippen MR) is 67.7 cm³/mol. The van der Waals surface area contributed by atoms with Crippen LogP contribution in [-0.4, -0.2) is 16.1 Å². The SMILES string of the molecule is O=C(O)c1nc(Oc2ccc(F)c(Cl)c2)ccc1Cl. The van der Waals surface area contributed by atoms with Crippen LogP contribution in [0.25, 0.3) is 0 Å².